The van der Waals surface area contributed by atoms with E-state index >= 15 is 0 Å². The molecule has 0 saturated heterocycles. The quantitative estimate of drug-likeness (QED) is 0.933. The maximum Gasteiger partial charge on any atom is 0.435 e. The van der Waals surface area contributed by atoms with Gasteiger partial charge in [-0.05, 0) is 43.4 Å². The van der Waals surface area contributed by atoms with Crippen molar-refractivity contribution in [3.8, 4) is 0 Å². The smallest absolute Gasteiger partial charge is 0.348 e. The number of rotatable bonds is 3. The second-order valence-electron chi connectivity index (χ2n) is 6.04. The van der Waals surface area contributed by atoms with Crippen molar-refractivity contribution in [2.75, 3.05) is 0 Å². The molecular formula is C17H18F3N3O. The summed E-state index contributed by atoms with van der Waals surface area (Å²) in [7, 11) is 0. The van der Waals surface area contributed by atoms with E-state index in [1.165, 1.54) is 12.5 Å². The van der Waals surface area contributed by atoms with Crippen LogP contribution in [-0.4, -0.2) is 15.7 Å². The lowest BCUT2D eigenvalue weighted by molar-refractivity contribution is -0.141. The van der Waals surface area contributed by atoms with E-state index in [2.05, 4.69) is 10.4 Å². The van der Waals surface area contributed by atoms with Crippen LogP contribution in [0.3, 0.4) is 0 Å². The Kier molecular flexibility index (Phi) is 4.34. The van der Waals surface area contributed by atoms with Crippen molar-refractivity contribution in [2.24, 2.45) is 0 Å². The van der Waals surface area contributed by atoms with Crippen molar-refractivity contribution in [2.45, 2.75) is 44.9 Å². The molecule has 1 amide bonds. The number of nitrogens with one attached hydrogen (secondary N) is 1. The van der Waals surface area contributed by atoms with Crippen LogP contribution in [0.2, 0.25) is 0 Å². The van der Waals surface area contributed by atoms with E-state index in [1.54, 1.807) is 0 Å². The SMILES string of the molecule is Cc1cc(C(F)(F)F)nn1CC(=O)N[C@@H]1CCCc2ccccc21. The molecule has 0 unspecified atom stereocenters. The van der Waals surface area contributed by atoms with Crippen LogP contribution in [-0.2, 0) is 23.9 Å². The van der Waals surface area contributed by atoms with E-state index in [1.807, 2.05) is 24.3 Å². The molecule has 1 N–H and O–H groups in total. The first-order valence-corrected chi connectivity index (χ1v) is 7.83. The van der Waals surface area contributed by atoms with E-state index in [-0.39, 0.29) is 18.5 Å². The number of carbonyl (C=O) groups excluding carboxylic acids is 1. The number of nitrogens with zero attached hydrogens (tertiary/aromatic N) is 2. The molecule has 0 bridgehead atoms. The number of benzene rings is 1. The number of halogens is 3. The summed E-state index contributed by atoms with van der Waals surface area (Å²) >= 11 is 0. The Hall–Kier alpha value is -2.31. The third kappa shape index (κ3) is 3.44. The number of amides is 1. The molecule has 0 aliphatic heterocycles. The van der Waals surface area contributed by atoms with Gasteiger partial charge in [0.05, 0.1) is 6.04 Å². The van der Waals surface area contributed by atoms with E-state index < -0.39 is 11.9 Å². The Morgan fingerprint density at radius 2 is 2.12 bits per heavy atom. The number of hydrogen-bond donors (Lipinski definition) is 1. The van der Waals surface area contributed by atoms with Gasteiger partial charge in [0.15, 0.2) is 5.69 Å². The zero-order chi connectivity index (χ0) is 17.3. The summed E-state index contributed by atoms with van der Waals surface area (Å²) in [5, 5.41) is 6.41. The average Bonchev–Trinajstić information content (AvgIpc) is 2.89. The number of aromatic nitrogens is 2. The summed E-state index contributed by atoms with van der Waals surface area (Å²) in [5.41, 5.74) is 1.63. The predicted molar refractivity (Wildman–Crippen MR) is 82.2 cm³/mol. The molecule has 1 aliphatic rings. The number of hydrogen-bond acceptors (Lipinski definition) is 2. The van der Waals surface area contributed by atoms with Gasteiger partial charge >= 0.3 is 6.18 Å². The first kappa shape index (κ1) is 16.5. The Bertz CT molecular complexity index is 752. The highest BCUT2D eigenvalue weighted by atomic mass is 19.4. The lowest BCUT2D eigenvalue weighted by Crippen LogP contribution is -2.34. The molecule has 3 rings (SSSR count). The molecule has 0 saturated carbocycles. The van der Waals surface area contributed by atoms with Crippen molar-refractivity contribution in [1.82, 2.24) is 15.1 Å². The van der Waals surface area contributed by atoms with Crippen LogP contribution in [0.5, 0.6) is 0 Å². The Labute approximate surface area is 137 Å². The fourth-order valence-electron chi connectivity index (χ4n) is 3.09. The zero-order valence-electron chi connectivity index (χ0n) is 13.2. The number of carbonyl (C=O) groups is 1. The van der Waals surface area contributed by atoms with Gasteiger partial charge in [-0.2, -0.15) is 18.3 Å². The zero-order valence-corrected chi connectivity index (χ0v) is 13.2. The van der Waals surface area contributed by atoms with E-state index in [0.717, 1.165) is 35.6 Å². The van der Waals surface area contributed by atoms with Crippen molar-refractivity contribution >= 4 is 5.91 Å². The van der Waals surface area contributed by atoms with Crippen molar-refractivity contribution in [1.29, 1.82) is 0 Å². The van der Waals surface area contributed by atoms with E-state index in [9.17, 15) is 18.0 Å². The summed E-state index contributed by atoms with van der Waals surface area (Å²) in [6, 6.07) is 8.77. The molecular weight excluding hydrogens is 319 g/mol. The number of fused-ring (bicyclic) bond motifs is 1. The molecule has 0 fully saturated rings. The number of alkyl halides is 3. The minimum Gasteiger partial charge on any atom is -0.348 e. The molecule has 1 heterocycles. The van der Waals surface area contributed by atoms with Crippen LogP contribution >= 0.6 is 0 Å². The fourth-order valence-corrected chi connectivity index (χ4v) is 3.09. The molecule has 4 nitrogen and oxygen atoms in total. The Morgan fingerprint density at radius 1 is 1.38 bits per heavy atom. The van der Waals surface area contributed by atoms with Gasteiger partial charge in [-0.1, -0.05) is 24.3 Å². The van der Waals surface area contributed by atoms with Crippen LogP contribution in [0.1, 0.15) is 41.4 Å². The molecule has 1 aromatic heterocycles. The van der Waals surface area contributed by atoms with E-state index in [0.29, 0.717) is 5.69 Å². The molecule has 128 valence electrons. The first-order chi connectivity index (χ1) is 11.3. The predicted octanol–water partition coefficient (Wildman–Crippen LogP) is 3.40. The molecule has 24 heavy (non-hydrogen) atoms. The molecule has 1 aliphatic carbocycles. The monoisotopic (exact) mass is 337 g/mol. The maximum absolute atomic E-state index is 12.7. The lowest BCUT2D eigenvalue weighted by atomic mass is 9.88. The van der Waals surface area contributed by atoms with Crippen LogP contribution in [0.15, 0.2) is 30.3 Å². The normalized spacial score (nSPS) is 17.4. The molecule has 7 heteroatoms. The van der Waals surface area contributed by atoms with Gasteiger partial charge in [-0.3, -0.25) is 9.48 Å². The van der Waals surface area contributed by atoms with Gasteiger partial charge < -0.3 is 5.32 Å². The second-order valence-corrected chi connectivity index (χ2v) is 6.04. The Balaban J connectivity index is 1.70. The highest BCUT2D eigenvalue weighted by Gasteiger charge is 2.34. The van der Waals surface area contributed by atoms with Crippen molar-refractivity contribution in [3.05, 3.63) is 52.8 Å². The molecule has 0 radical (unpaired) electrons. The van der Waals surface area contributed by atoms with Gasteiger partial charge in [0.1, 0.15) is 6.54 Å². The van der Waals surface area contributed by atoms with Gasteiger partial charge in [0.25, 0.3) is 0 Å². The third-order valence-electron chi connectivity index (χ3n) is 4.27. The van der Waals surface area contributed by atoms with Crippen molar-refractivity contribution < 1.29 is 18.0 Å². The van der Waals surface area contributed by atoms with Crippen LogP contribution < -0.4 is 5.32 Å². The summed E-state index contributed by atoms with van der Waals surface area (Å²) in [5.74, 6) is -0.336. The average molecular weight is 337 g/mol. The van der Waals surface area contributed by atoms with Crippen LogP contribution in [0.4, 0.5) is 13.2 Å². The first-order valence-electron chi connectivity index (χ1n) is 7.83. The highest BCUT2D eigenvalue weighted by molar-refractivity contribution is 5.76. The van der Waals surface area contributed by atoms with Crippen LogP contribution in [0, 0.1) is 6.92 Å². The standard InChI is InChI=1S/C17H18F3N3O/c1-11-9-15(17(18,19)20)22-23(11)10-16(24)21-14-8-4-6-12-5-2-3-7-13(12)14/h2-3,5,7,9,14H,4,6,8,10H2,1H3,(H,21,24)/t14-/m1/s1. The summed E-state index contributed by atoms with van der Waals surface area (Å²) in [6.45, 7) is 1.28. The summed E-state index contributed by atoms with van der Waals surface area (Å²) < 4.78 is 39.1. The topological polar surface area (TPSA) is 46.9 Å². The molecule has 0 spiro atoms. The van der Waals surface area contributed by atoms with Gasteiger partial charge in [-0.15, -0.1) is 0 Å². The van der Waals surface area contributed by atoms with Gasteiger partial charge in [0.2, 0.25) is 5.91 Å². The minimum absolute atomic E-state index is 0.0968. The largest absolute Gasteiger partial charge is 0.435 e. The maximum atomic E-state index is 12.7. The molecule has 1 aromatic carbocycles. The second kappa shape index (κ2) is 6.30. The fraction of sp³-hybridized carbons (Fsp3) is 0.412. The van der Waals surface area contributed by atoms with Gasteiger partial charge in [-0.25, -0.2) is 0 Å². The van der Waals surface area contributed by atoms with Gasteiger partial charge in [0, 0.05) is 5.69 Å². The third-order valence-corrected chi connectivity index (χ3v) is 4.27. The lowest BCUT2D eigenvalue weighted by Gasteiger charge is -2.26. The molecule has 2 aromatic rings. The summed E-state index contributed by atoms with van der Waals surface area (Å²) in [4.78, 5) is 12.2. The minimum atomic E-state index is -4.51. The van der Waals surface area contributed by atoms with Crippen LogP contribution in [0.25, 0.3) is 0 Å². The van der Waals surface area contributed by atoms with Crippen molar-refractivity contribution in [3.63, 3.8) is 0 Å². The van der Waals surface area contributed by atoms with E-state index in [4.69, 9.17) is 0 Å². The Morgan fingerprint density at radius 3 is 2.83 bits per heavy atom. The molecule has 1 atom stereocenters. The summed E-state index contributed by atoms with van der Waals surface area (Å²) in [6.07, 6.45) is -1.72. The highest BCUT2D eigenvalue weighted by Crippen LogP contribution is 2.30. The number of aryl methyl sites for hydroxylation is 2.